The number of halogens is 1. The van der Waals surface area contributed by atoms with Gasteiger partial charge in [0.2, 0.25) is 0 Å². The van der Waals surface area contributed by atoms with Crippen LogP contribution in [0, 0.1) is 5.92 Å². The van der Waals surface area contributed by atoms with Crippen molar-refractivity contribution in [2.45, 2.75) is 49.9 Å². The highest BCUT2D eigenvalue weighted by Crippen LogP contribution is 2.37. The van der Waals surface area contributed by atoms with Crippen molar-refractivity contribution < 1.29 is 0 Å². The molecule has 76 valence electrons. The molecule has 0 amide bonds. The van der Waals surface area contributed by atoms with Crippen molar-refractivity contribution in [2.75, 3.05) is 13.1 Å². The maximum Gasteiger partial charge on any atom is 0.0336 e. The summed E-state index contributed by atoms with van der Waals surface area (Å²) in [5, 5.41) is 0. The largest absolute Gasteiger partial charge is 0.297 e. The smallest absolute Gasteiger partial charge is 0.0336 e. The van der Waals surface area contributed by atoms with Crippen LogP contribution in [0.4, 0.5) is 0 Å². The Morgan fingerprint density at radius 3 is 2.38 bits per heavy atom. The highest BCUT2D eigenvalue weighted by molar-refractivity contribution is 9.09. The van der Waals surface area contributed by atoms with Gasteiger partial charge in [0, 0.05) is 16.9 Å². The number of hydrogen-bond donors (Lipinski definition) is 0. The number of hydrogen-bond acceptors (Lipinski definition) is 1. The molecule has 2 heteroatoms. The summed E-state index contributed by atoms with van der Waals surface area (Å²) in [6.45, 7) is 7.38. The predicted molar refractivity (Wildman–Crippen MR) is 60.3 cm³/mol. The van der Waals surface area contributed by atoms with Crippen molar-refractivity contribution in [2.24, 2.45) is 5.92 Å². The molecule has 1 atom stereocenters. The third-order valence-electron chi connectivity index (χ3n) is 3.94. The third-order valence-corrected chi connectivity index (χ3v) is 5.52. The minimum absolute atomic E-state index is 0.385. The van der Waals surface area contributed by atoms with Crippen LogP contribution in [0.25, 0.3) is 0 Å². The highest BCUT2D eigenvalue weighted by atomic mass is 79.9. The van der Waals surface area contributed by atoms with E-state index in [0.717, 1.165) is 5.92 Å². The van der Waals surface area contributed by atoms with Crippen molar-refractivity contribution in [3.05, 3.63) is 0 Å². The Morgan fingerprint density at radius 1 is 1.31 bits per heavy atom. The number of alkyl halides is 1. The number of likely N-dealkylation sites (tertiary alicyclic amines) is 1. The maximum atomic E-state index is 3.79. The van der Waals surface area contributed by atoms with Gasteiger partial charge in [0.05, 0.1) is 0 Å². The van der Waals surface area contributed by atoms with Gasteiger partial charge in [-0.1, -0.05) is 22.4 Å². The lowest BCUT2D eigenvalue weighted by Gasteiger charge is -2.38. The van der Waals surface area contributed by atoms with Gasteiger partial charge in [-0.15, -0.1) is 0 Å². The molecular formula is C11H20BrN. The van der Waals surface area contributed by atoms with Gasteiger partial charge in [-0.25, -0.2) is 0 Å². The normalized spacial score (nSPS) is 34.8. The van der Waals surface area contributed by atoms with Crippen molar-refractivity contribution in [1.82, 2.24) is 4.90 Å². The summed E-state index contributed by atoms with van der Waals surface area (Å²) in [7, 11) is 0. The standard InChI is InChI=1S/C11H20BrN/c1-11(2)10(12)6-7-13(11)8-9-4-3-5-9/h9-10H,3-8H2,1-2H3. The Labute approximate surface area is 90.0 Å². The summed E-state index contributed by atoms with van der Waals surface area (Å²) < 4.78 is 0. The highest BCUT2D eigenvalue weighted by Gasteiger charge is 2.40. The summed E-state index contributed by atoms with van der Waals surface area (Å²) in [5.74, 6) is 1.01. The van der Waals surface area contributed by atoms with Crippen molar-refractivity contribution in [1.29, 1.82) is 0 Å². The van der Waals surface area contributed by atoms with Crippen molar-refractivity contribution in [3.8, 4) is 0 Å². The zero-order valence-corrected chi connectivity index (χ0v) is 10.3. The zero-order valence-electron chi connectivity index (χ0n) is 8.72. The Bertz CT molecular complexity index is 187. The molecule has 1 heterocycles. The molecule has 0 N–H and O–H groups in total. The van der Waals surface area contributed by atoms with E-state index in [9.17, 15) is 0 Å². The second-order valence-electron chi connectivity index (χ2n) is 5.15. The first-order chi connectivity index (χ1) is 6.10. The minimum Gasteiger partial charge on any atom is -0.297 e. The van der Waals surface area contributed by atoms with Gasteiger partial charge in [-0.05, 0) is 45.6 Å². The first-order valence-electron chi connectivity index (χ1n) is 5.50. The molecule has 2 rings (SSSR count). The Kier molecular flexibility index (Phi) is 2.72. The summed E-state index contributed by atoms with van der Waals surface area (Å²) in [4.78, 5) is 3.37. The molecule has 0 bridgehead atoms. The van der Waals surface area contributed by atoms with Crippen LogP contribution in [0.5, 0.6) is 0 Å². The molecule has 0 aromatic heterocycles. The molecule has 1 saturated carbocycles. The SMILES string of the molecule is CC1(C)C(Br)CCN1CC1CCC1. The summed E-state index contributed by atoms with van der Waals surface area (Å²) in [6, 6.07) is 0. The van der Waals surface area contributed by atoms with E-state index in [2.05, 4.69) is 34.7 Å². The summed E-state index contributed by atoms with van der Waals surface area (Å²) in [5.41, 5.74) is 0.385. The lowest BCUT2D eigenvalue weighted by Crippen LogP contribution is -2.46. The molecular weight excluding hydrogens is 226 g/mol. The van der Waals surface area contributed by atoms with E-state index in [-0.39, 0.29) is 0 Å². The van der Waals surface area contributed by atoms with Gasteiger partial charge in [-0.2, -0.15) is 0 Å². The Hall–Kier alpha value is 0.440. The minimum atomic E-state index is 0.385. The van der Waals surface area contributed by atoms with Crippen molar-refractivity contribution >= 4 is 15.9 Å². The topological polar surface area (TPSA) is 3.24 Å². The summed E-state index contributed by atoms with van der Waals surface area (Å²) in [6.07, 6.45) is 5.73. The molecule has 0 radical (unpaired) electrons. The first-order valence-corrected chi connectivity index (χ1v) is 6.41. The van der Waals surface area contributed by atoms with Gasteiger partial charge in [-0.3, -0.25) is 4.90 Å². The zero-order chi connectivity index (χ0) is 9.47. The monoisotopic (exact) mass is 245 g/mol. The second-order valence-corrected chi connectivity index (χ2v) is 6.26. The van der Waals surface area contributed by atoms with Gasteiger partial charge in [0.15, 0.2) is 0 Å². The van der Waals surface area contributed by atoms with Crippen LogP contribution < -0.4 is 0 Å². The lowest BCUT2D eigenvalue weighted by molar-refractivity contribution is 0.121. The Balaban J connectivity index is 1.91. The average molecular weight is 246 g/mol. The molecule has 1 unspecified atom stereocenters. The first kappa shape index (κ1) is 9.97. The molecule has 2 fully saturated rings. The molecule has 0 aromatic carbocycles. The number of rotatable bonds is 2. The van der Waals surface area contributed by atoms with Crippen LogP contribution >= 0.6 is 15.9 Å². The Morgan fingerprint density at radius 2 is 2.00 bits per heavy atom. The molecule has 13 heavy (non-hydrogen) atoms. The van der Waals surface area contributed by atoms with Gasteiger partial charge < -0.3 is 0 Å². The fourth-order valence-corrected chi connectivity index (χ4v) is 2.92. The molecule has 0 aromatic rings. The van der Waals surface area contributed by atoms with Crippen LogP contribution in [-0.4, -0.2) is 28.4 Å². The summed E-state index contributed by atoms with van der Waals surface area (Å²) >= 11 is 3.79. The molecule has 1 nitrogen and oxygen atoms in total. The van der Waals surface area contributed by atoms with E-state index in [1.807, 2.05) is 0 Å². The average Bonchev–Trinajstić information content (AvgIpc) is 2.22. The van der Waals surface area contributed by atoms with E-state index in [1.165, 1.54) is 38.8 Å². The van der Waals surface area contributed by atoms with E-state index in [0.29, 0.717) is 10.4 Å². The number of nitrogens with zero attached hydrogens (tertiary/aromatic N) is 1. The predicted octanol–water partition coefficient (Wildman–Crippen LogP) is 3.03. The van der Waals surface area contributed by atoms with E-state index in [1.54, 1.807) is 0 Å². The van der Waals surface area contributed by atoms with Crippen LogP contribution in [0.1, 0.15) is 39.5 Å². The van der Waals surface area contributed by atoms with Gasteiger partial charge in [0.1, 0.15) is 0 Å². The molecule has 2 aliphatic rings. The van der Waals surface area contributed by atoms with E-state index >= 15 is 0 Å². The third kappa shape index (κ3) is 1.80. The quantitative estimate of drug-likeness (QED) is 0.677. The molecule has 1 aliphatic carbocycles. The van der Waals surface area contributed by atoms with Crippen molar-refractivity contribution in [3.63, 3.8) is 0 Å². The van der Waals surface area contributed by atoms with Gasteiger partial charge >= 0.3 is 0 Å². The van der Waals surface area contributed by atoms with E-state index in [4.69, 9.17) is 0 Å². The van der Waals surface area contributed by atoms with Crippen LogP contribution in [-0.2, 0) is 0 Å². The van der Waals surface area contributed by atoms with Crippen LogP contribution in [0.3, 0.4) is 0 Å². The van der Waals surface area contributed by atoms with Crippen LogP contribution in [0.2, 0.25) is 0 Å². The molecule has 1 saturated heterocycles. The lowest BCUT2D eigenvalue weighted by atomic mass is 9.84. The van der Waals surface area contributed by atoms with Crippen LogP contribution in [0.15, 0.2) is 0 Å². The van der Waals surface area contributed by atoms with E-state index < -0.39 is 0 Å². The fourth-order valence-electron chi connectivity index (χ4n) is 2.42. The molecule has 0 spiro atoms. The second kappa shape index (κ2) is 3.54. The molecule has 1 aliphatic heterocycles. The fraction of sp³-hybridized carbons (Fsp3) is 1.00. The maximum absolute atomic E-state index is 3.79. The van der Waals surface area contributed by atoms with Gasteiger partial charge in [0.25, 0.3) is 0 Å².